The fourth-order valence-electron chi connectivity index (χ4n) is 1.99. The van der Waals surface area contributed by atoms with E-state index < -0.39 is 0 Å². The third kappa shape index (κ3) is 3.50. The molecular formula is C19H18O. The molecule has 0 amide bonds. The van der Waals surface area contributed by atoms with Gasteiger partial charge in [-0.05, 0) is 24.1 Å². The Balaban J connectivity index is 2.43. The zero-order valence-corrected chi connectivity index (χ0v) is 11.7. The van der Waals surface area contributed by atoms with Gasteiger partial charge >= 0.3 is 0 Å². The Morgan fingerprint density at radius 3 is 2.50 bits per heavy atom. The van der Waals surface area contributed by atoms with Gasteiger partial charge in [-0.25, -0.2) is 0 Å². The van der Waals surface area contributed by atoms with Crippen molar-refractivity contribution >= 4 is 11.6 Å². The van der Waals surface area contributed by atoms with E-state index in [1.54, 1.807) is 7.11 Å². The molecule has 1 heteroatoms. The van der Waals surface area contributed by atoms with Crippen molar-refractivity contribution in [1.82, 2.24) is 0 Å². The molecule has 0 aliphatic carbocycles. The average Bonchev–Trinajstić information content (AvgIpc) is 2.52. The maximum Gasteiger partial charge on any atom is 0.126 e. The van der Waals surface area contributed by atoms with E-state index in [9.17, 15) is 0 Å². The van der Waals surface area contributed by atoms with Gasteiger partial charge in [0.1, 0.15) is 5.75 Å². The van der Waals surface area contributed by atoms with Crippen molar-refractivity contribution in [3.05, 3.63) is 84.1 Å². The van der Waals surface area contributed by atoms with Gasteiger partial charge in [0.2, 0.25) is 0 Å². The van der Waals surface area contributed by atoms with E-state index in [0.29, 0.717) is 0 Å². The molecule has 0 aliphatic heterocycles. The Morgan fingerprint density at radius 2 is 1.80 bits per heavy atom. The monoisotopic (exact) mass is 262 g/mol. The number of methoxy groups -OCH3 is 1. The maximum absolute atomic E-state index is 5.34. The first-order valence-corrected chi connectivity index (χ1v) is 6.60. The molecule has 0 N–H and O–H groups in total. The van der Waals surface area contributed by atoms with Gasteiger partial charge in [0, 0.05) is 11.1 Å². The summed E-state index contributed by atoms with van der Waals surface area (Å²) in [6.07, 6.45) is 4.64. The van der Waals surface area contributed by atoms with Gasteiger partial charge in [0.15, 0.2) is 0 Å². The van der Waals surface area contributed by atoms with Crippen LogP contribution in [0, 0.1) is 0 Å². The van der Waals surface area contributed by atoms with Crippen LogP contribution in [0.5, 0.6) is 5.75 Å². The van der Waals surface area contributed by atoms with Crippen molar-refractivity contribution < 1.29 is 4.74 Å². The SMILES string of the molecule is C=CCC(=C=Cc1ccccc1OC)c1ccccc1. The van der Waals surface area contributed by atoms with Gasteiger partial charge < -0.3 is 4.74 Å². The summed E-state index contributed by atoms with van der Waals surface area (Å²) in [5, 5.41) is 0. The standard InChI is InChI=1S/C19H18O/c1-3-9-16(17-10-5-4-6-11-17)14-15-18-12-7-8-13-19(18)20-2/h3-8,10-13,15H,1,9H2,2H3. The van der Waals surface area contributed by atoms with Crippen LogP contribution in [-0.4, -0.2) is 7.11 Å². The van der Waals surface area contributed by atoms with Gasteiger partial charge in [-0.1, -0.05) is 54.6 Å². The largest absolute Gasteiger partial charge is 0.496 e. The van der Waals surface area contributed by atoms with E-state index in [0.717, 1.165) is 23.3 Å². The normalized spacial score (nSPS) is 9.45. The second kappa shape index (κ2) is 7.18. The zero-order chi connectivity index (χ0) is 14.2. The van der Waals surface area contributed by atoms with E-state index in [-0.39, 0.29) is 0 Å². The molecule has 0 atom stereocenters. The molecular weight excluding hydrogens is 244 g/mol. The van der Waals surface area contributed by atoms with Crippen molar-refractivity contribution in [2.45, 2.75) is 6.42 Å². The number of rotatable bonds is 5. The van der Waals surface area contributed by atoms with Crippen LogP contribution in [0.4, 0.5) is 0 Å². The molecule has 0 saturated heterocycles. The van der Waals surface area contributed by atoms with Crippen LogP contribution in [0.3, 0.4) is 0 Å². The van der Waals surface area contributed by atoms with Crippen molar-refractivity contribution in [2.24, 2.45) is 0 Å². The van der Waals surface area contributed by atoms with Crippen molar-refractivity contribution in [3.8, 4) is 5.75 Å². The summed E-state index contributed by atoms with van der Waals surface area (Å²) in [5.74, 6) is 0.853. The lowest BCUT2D eigenvalue weighted by molar-refractivity contribution is 0.414. The topological polar surface area (TPSA) is 9.23 Å². The summed E-state index contributed by atoms with van der Waals surface area (Å²) in [6, 6.07) is 18.2. The first-order valence-electron chi connectivity index (χ1n) is 6.60. The molecule has 0 unspecified atom stereocenters. The van der Waals surface area contributed by atoms with E-state index >= 15 is 0 Å². The molecule has 0 bridgehead atoms. The Labute approximate surface area is 120 Å². The van der Waals surface area contributed by atoms with Gasteiger partial charge in [-0.15, -0.1) is 12.3 Å². The molecule has 100 valence electrons. The maximum atomic E-state index is 5.34. The van der Waals surface area contributed by atoms with Crippen LogP contribution in [-0.2, 0) is 0 Å². The minimum Gasteiger partial charge on any atom is -0.496 e. The van der Waals surface area contributed by atoms with Gasteiger partial charge in [0.25, 0.3) is 0 Å². The smallest absolute Gasteiger partial charge is 0.126 e. The first-order chi connectivity index (χ1) is 9.85. The molecule has 0 aromatic heterocycles. The fraction of sp³-hybridized carbons (Fsp3) is 0.105. The zero-order valence-electron chi connectivity index (χ0n) is 11.7. The number of ether oxygens (including phenoxy) is 1. The van der Waals surface area contributed by atoms with E-state index in [4.69, 9.17) is 4.74 Å². The predicted octanol–water partition coefficient (Wildman–Crippen LogP) is 4.97. The van der Waals surface area contributed by atoms with Crippen LogP contribution in [0.2, 0.25) is 0 Å². The first kappa shape index (κ1) is 13.9. The quantitative estimate of drug-likeness (QED) is 0.546. The highest BCUT2D eigenvalue weighted by atomic mass is 16.5. The number of allylic oxidation sites excluding steroid dienone is 2. The molecule has 0 spiro atoms. The summed E-state index contributed by atoms with van der Waals surface area (Å²) < 4.78 is 5.34. The molecule has 20 heavy (non-hydrogen) atoms. The molecule has 2 rings (SSSR count). The van der Waals surface area contributed by atoms with E-state index in [2.05, 4.69) is 24.4 Å². The second-order valence-electron chi connectivity index (χ2n) is 4.37. The molecule has 1 nitrogen and oxygen atoms in total. The molecule has 0 heterocycles. The van der Waals surface area contributed by atoms with Gasteiger partial charge in [-0.2, -0.15) is 0 Å². The van der Waals surface area contributed by atoms with Gasteiger partial charge in [-0.3, -0.25) is 0 Å². The Kier molecular flexibility index (Phi) is 5.00. The minimum atomic E-state index is 0.787. The van der Waals surface area contributed by atoms with Crippen LogP contribution in [0.25, 0.3) is 11.6 Å². The van der Waals surface area contributed by atoms with Crippen molar-refractivity contribution in [3.63, 3.8) is 0 Å². The number of hydrogen-bond acceptors (Lipinski definition) is 1. The highest BCUT2D eigenvalue weighted by Gasteiger charge is 1.99. The minimum absolute atomic E-state index is 0.787. The summed E-state index contributed by atoms with van der Waals surface area (Å²) in [4.78, 5) is 0. The molecule has 0 saturated carbocycles. The molecule has 0 radical (unpaired) electrons. The summed E-state index contributed by atoms with van der Waals surface area (Å²) in [5.41, 5.74) is 6.67. The highest BCUT2D eigenvalue weighted by Crippen LogP contribution is 2.21. The lowest BCUT2D eigenvalue weighted by Gasteiger charge is -2.03. The number of para-hydroxylation sites is 1. The van der Waals surface area contributed by atoms with E-state index in [1.165, 1.54) is 5.56 Å². The fourth-order valence-corrected chi connectivity index (χ4v) is 1.99. The van der Waals surface area contributed by atoms with Crippen LogP contribution in [0.1, 0.15) is 17.5 Å². The average molecular weight is 262 g/mol. The highest BCUT2D eigenvalue weighted by molar-refractivity contribution is 5.71. The Bertz CT molecular complexity index is 632. The lowest BCUT2D eigenvalue weighted by Crippen LogP contribution is -1.85. The summed E-state index contributed by atoms with van der Waals surface area (Å²) in [6.45, 7) is 3.82. The summed E-state index contributed by atoms with van der Waals surface area (Å²) in [7, 11) is 1.68. The number of hydrogen-bond donors (Lipinski definition) is 0. The van der Waals surface area contributed by atoms with Crippen molar-refractivity contribution in [1.29, 1.82) is 0 Å². The Morgan fingerprint density at radius 1 is 1.10 bits per heavy atom. The Hall–Kier alpha value is -2.50. The van der Waals surface area contributed by atoms with Crippen LogP contribution in [0.15, 0.2) is 73.0 Å². The van der Waals surface area contributed by atoms with Crippen LogP contribution < -0.4 is 4.74 Å². The lowest BCUT2D eigenvalue weighted by atomic mass is 10.0. The number of benzene rings is 2. The van der Waals surface area contributed by atoms with Crippen LogP contribution >= 0.6 is 0 Å². The molecule has 0 fully saturated rings. The third-order valence-electron chi connectivity index (χ3n) is 3.01. The molecule has 2 aromatic carbocycles. The molecule has 0 aliphatic rings. The summed E-state index contributed by atoms with van der Waals surface area (Å²) >= 11 is 0. The van der Waals surface area contributed by atoms with Crippen molar-refractivity contribution in [2.75, 3.05) is 7.11 Å². The van der Waals surface area contributed by atoms with Gasteiger partial charge in [0.05, 0.1) is 7.11 Å². The molecule has 2 aromatic rings. The van der Waals surface area contributed by atoms with E-state index in [1.807, 2.05) is 54.6 Å². The third-order valence-corrected chi connectivity index (χ3v) is 3.01. The second-order valence-corrected chi connectivity index (χ2v) is 4.37. The predicted molar refractivity (Wildman–Crippen MR) is 85.6 cm³/mol.